The van der Waals surface area contributed by atoms with Crippen molar-refractivity contribution < 1.29 is 4.79 Å². The van der Waals surface area contributed by atoms with Gasteiger partial charge in [-0.3, -0.25) is 4.79 Å². The molecule has 0 fully saturated rings. The van der Waals surface area contributed by atoms with Crippen molar-refractivity contribution >= 4 is 17.7 Å². The average molecular weight is 422 g/mol. The molecule has 30 heavy (non-hydrogen) atoms. The first-order valence-corrected chi connectivity index (χ1v) is 11.4. The summed E-state index contributed by atoms with van der Waals surface area (Å²) in [4.78, 5) is 12.6. The van der Waals surface area contributed by atoms with Crippen LogP contribution in [-0.4, -0.2) is 31.9 Å². The van der Waals surface area contributed by atoms with Gasteiger partial charge in [0.15, 0.2) is 0 Å². The van der Waals surface area contributed by atoms with Crippen molar-refractivity contribution in [3.8, 4) is 5.69 Å². The smallest absolute Gasteiger partial charge is 0.230 e. The molecule has 1 heterocycles. The first kappa shape index (κ1) is 20.6. The number of nitrogens with zero attached hydrogens (tertiary/aromatic N) is 4. The summed E-state index contributed by atoms with van der Waals surface area (Å²) in [5.41, 5.74) is 7.20. The molecule has 0 spiro atoms. The summed E-state index contributed by atoms with van der Waals surface area (Å²) < 4.78 is 1.72. The van der Waals surface area contributed by atoms with E-state index in [1.165, 1.54) is 42.2 Å². The van der Waals surface area contributed by atoms with E-state index in [1.807, 2.05) is 39.0 Å². The Morgan fingerprint density at radius 3 is 2.63 bits per heavy atom. The van der Waals surface area contributed by atoms with Crippen LogP contribution in [0.5, 0.6) is 0 Å². The number of carbonyl (C=O) groups excluding carboxylic acids is 1. The van der Waals surface area contributed by atoms with Crippen molar-refractivity contribution in [3.63, 3.8) is 0 Å². The quantitative estimate of drug-likeness (QED) is 0.606. The number of thioether (sulfide) groups is 1. The van der Waals surface area contributed by atoms with Gasteiger partial charge in [0, 0.05) is 0 Å². The standard InChI is InChI=1S/C23H27N5OS/c1-15-7-6-8-16(2)22(15)28-23(25-26-27-28)30-14-21(29)24-17(3)19-12-11-18-9-4-5-10-20(18)13-19/h6-8,11-13,17H,4-5,9-10,14H2,1-3H3,(H,24,29)/t17-/m0/s1. The third kappa shape index (κ3) is 4.41. The van der Waals surface area contributed by atoms with Crippen molar-refractivity contribution in [3.05, 3.63) is 64.2 Å². The van der Waals surface area contributed by atoms with Crippen LogP contribution in [0.25, 0.3) is 5.69 Å². The minimum absolute atomic E-state index is 0.0266. The Bertz CT molecular complexity index is 1040. The molecule has 1 atom stereocenters. The second-order valence-corrected chi connectivity index (χ2v) is 8.87. The maximum atomic E-state index is 12.6. The van der Waals surface area contributed by atoms with Gasteiger partial charge < -0.3 is 5.32 Å². The number of aromatic nitrogens is 4. The predicted molar refractivity (Wildman–Crippen MR) is 119 cm³/mol. The van der Waals surface area contributed by atoms with E-state index in [0.717, 1.165) is 28.8 Å². The summed E-state index contributed by atoms with van der Waals surface area (Å²) in [6.07, 6.45) is 4.84. The Labute approximate surface area is 181 Å². The minimum atomic E-state index is -0.0278. The highest BCUT2D eigenvalue weighted by Gasteiger charge is 2.17. The number of rotatable bonds is 6. The van der Waals surface area contributed by atoms with E-state index in [0.29, 0.717) is 5.16 Å². The van der Waals surface area contributed by atoms with Crippen LogP contribution in [0.2, 0.25) is 0 Å². The molecule has 6 nitrogen and oxygen atoms in total. The summed E-state index contributed by atoms with van der Waals surface area (Å²) in [5.74, 6) is 0.238. The van der Waals surface area contributed by atoms with E-state index >= 15 is 0 Å². The molecule has 4 rings (SSSR count). The summed E-state index contributed by atoms with van der Waals surface area (Å²) >= 11 is 1.35. The molecule has 0 unspecified atom stereocenters. The SMILES string of the molecule is Cc1cccc(C)c1-n1nnnc1SCC(=O)N[C@@H](C)c1ccc2c(c1)CCCC2. The zero-order valence-electron chi connectivity index (χ0n) is 17.7. The molecule has 0 saturated heterocycles. The number of amides is 1. The van der Waals surface area contributed by atoms with E-state index in [9.17, 15) is 4.79 Å². The van der Waals surface area contributed by atoms with Crippen molar-refractivity contribution in [2.24, 2.45) is 0 Å². The molecule has 1 aliphatic carbocycles. The van der Waals surface area contributed by atoms with E-state index in [-0.39, 0.29) is 17.7 Å². The van der Waals surface area contributed by atoms with Gasteiger partial charge in [-0.25, -0.2) is 0 Å². The van der Waals surface area contributed by atoms with Crippen LogP contribution in [0.15, 0.2) is 41.6 Å². The van der Waals surface area contributed by atoms with Crippen molar-refractivity contribution in [2.75, 3.05) is 5.75 Å². The highest BCUT2D eigenvalue weighted by molar-refractivity contribution is 7.99. The maximum absolute atomic E-state index is 12.6. The van der Waals surface area contributed by atoms with Crippen LogP contribution < -0.4 is 5.32 Å². The van der Waals surface area contributed by atoms with E-state index in [1.54, 1.807) is 4.68 Å². The molecule has 1 aromatic heterocycles. The molecule has 0 bridgehead atoms. The molecule has 1 aliphatic rings. The lowest BCUT2D eigenvalue weighted by molar-refractivity contribution is -0.119. The van der Waals surface area contributed by atoms with Gasteiger partial charge in [0.2, 0.25) is 11.1 Å². The number of aryl methyl sites for hydroxylation is 4. The molecule has 156 valence electrons. The van der Waals surface area contributed by atoms with E-state index in [2.05, 4.69) is 39.0 Å². The minimum Gasteiger partial charge on any atom is -0.349 e. The molecule has 3 aromatic rings. The number of nitrogens with one attached hydrogen (secondary N) is 1. The fraction of sp³-hybridized carbons (Fsp3) is 0.391. The summed E-state index contributed by atoms with van der Waals surface area (Å²) in [5, 5.41) is 15.8. The van der Waals surface area contributed by atoms with Crippen LogP contribution in [0, 0.1) is 13.8 Å². The number of hydrogen-bond donors (Lipinski definition) is 1. The van der Waals surface area contributed by atoms with Gasteiger partial charge in [0.25, 0.3) is 0 Å². The highest BCUT2D eigenvalue weighted by atomic mass is 32.2. The first-order chi connectivity index (χ1) is 14.5. The third-order valence-corrected chi connectivity index (χ3v) is 6.59. The average Bonchev–Trinajstić information content (AvgIpc) is 3.20. The Balaban J connectivity index is 1.40. The molecule has 1 amide bonds. The number of fused-ring (bicyclic) bond motifs is 1. The normalized spacial score (nSPS) is 14.2. The van der Waals surface area contributed by atoms with E-state index in [4.69, 9.17) is 0 Å². The number of para-hydroxylation sites is 1. The van der Waals surface area contributed by atoms with Crippen LogP contribution in [0.4, 0.5) is 0 Å². The number of hydrogen-bond acceptors (Lipinski definition) is 5. The highest BCUT2D eigenvalue weighted by Crippen LogP contribution is 2.26. The van der Waals surface area contributed by atoms with Gasteiger partial charge in [-0.1, -0.05) is 48.2 Å². The Hall–Kier alpha value is -2.67. The molecule has 7 heteroatoms. The van der Waals surface area contributed by atoms with Crippen molar-refractivity contribution in [2.45, 2.75) is 57.7 Å². The van der Waals surface area contributed by atoms with Crippen molar-refractivity contribution in [1.82, 2.24) is 25.5 Å². The summed E-state index contributed by atoms with van der Waals surface area (Å²) in [6.45, 7) is 6.10. The lowest BCUT2D eigenvalue weighted by atomic mass is 9.89. The van der Waals surface area contributed by atoms with Gasteiger partial charge in [-0.2, -0.15) is 4.68 Å². The van der Waals surface area contributed by atoms with Gasteiger partial charge in [-0.05, 0) is 84.7 Å². The molecule has 0 aliphatic heterocycles. The largest absolute Gasteiger partial charge is 0.349 e. The van der Waals surface area contributed by atoms with Gasteiger partial charge in [0.05, 0.1) is 17.5 Å². The van der Waals surface area contributed by atoms with Crippen LogP contribution in [0.3, 0.4) is 0 Å². The topological polar surface area (TPSA) is 72.7 Å². The monoisotopic (exact) mass is 421 g/mol. The van der Waals surface area contributed by atoms with Gasteiger partial charge in [-0.15, -0.1) is 5.10 Å². The van der Waals surface area contributed by atoms with Gasteiger partial charge in [0.1, 0.15) is 0 Å². The third-order valence-electron chi connectivity index (χ3n) is 5.67. The molecule has 1 N–H and O–H groups in total. The second-order valence-electron chi connectivity index (χ2n) is 7.93. The lowest BCUT2D eigenvalue weighted by Gasteiger charge is -2.20. The fourth-order valence-corrected chi connectivity index (χ4v) is 4.76. The molecular formula is C23H27N5OS. The fourth-order valence-electron chi connectivity index (χ4n) is 4.07. The Morgan fingerprint density at radius 1 is 1.13 bits per heavy atom. The molecule has 0 saturated carbocycles. The second kappa shape index (κ2) is 9.00. The lowest BCUT2D eigenvalue weighted by Crippen LogP contribution is -2.28. The molecular weight excluding hydrogens is 394 g/mol. The Kier molecular flexibility index (Phi) is 6.18. The maximum Gasteiger partial charge on any atom is 0.230 e. The predicted octanol–water partition coefficient (Wildman–Crippen LogP) is 4.13. The first-order valence-electron chi connectivity index (χ1n) is 10.4. The molecule has 2 aromatic carbocycles. The van der Waals surface area contributed by atoms with Crippen LogP contribution in [-0.2, 0) is 17.6 Å². The van der Waals surface area contributed by atoms with E-state index < -0.39 is 0 Å². The number of carbonyl (C=O) groups is 1. The summed E-state index contributed by atoms with van der Waals surface area (Å²) in [7, 11) is 0. The van der Waals surface area contributed by atoms with Crippen molar-refractivity contribution in [1.29, 1.82) is 0 Å². The van der Waals surface area contributed by atoms with Gasteiger partial charge >= 0.3 is 0 Å². The van der Waals surface area contributed by atoms with Crippen LogP contribution >= 0.6 is 11.8 Å². The zero-order chi connectivity index (χ0) is 21.1. The Morgan fingerprint density at radius 2 is 1.87 bits per heavy atom. The zero-order valence-corrected chi connectivity index (χ0v) is 18.5. The number of benzene rings is 2. The number of tetrazole rings is 1. The van der Waals surface area contributed by atoms with Crippen LogP contribution in [0.1, 0.15) is 53.6 Å². The molecule has 0 radical (unpaired) electrons. The summed E-state index contributed by atoms with van der Waals surface area (Å²) in [6, 6.07) is 12.7.